The van der Waals surface area contributed by atoms with E-state index in [4.69, 9.17) is 4.74 Å². The normalized spacial score (nSPS) is 29.4. The van der Waals surface area contributed by atoms with Crippen LogP contribution in [0.4, 0.5) is 5.69 Å². The van der Waals surface area contributed by atoms with Gasteiger partial charge in [-0.3, -0.25) is 14.4 Å². The van der Waals surface area contributed by atoms with Crippen molar-refractivity contribution in [2.45, 2.75) is 95.5 Å². The molecule has 2 saturated heterocycles. The highest BCUT2D eigenvalue weighted by molar-refractivity contribution is 6.03. The van der Waals surface area contributed by atoms with Crippen molar-refractivity contribution in [2.75, 3.05) is 5.32 Å². The van der Waals surface area contributed by atoms with E-state index in [1.165, 1.54) is 12.0 Å². The Hall–Kier alpha value is -3.45. The van der Waals surface area contributed by atoms with E-state index in [1.807, 2.05) is 69.3 Å². The number of hydrogen-bond acceptors (Lipinski definition) is 4. The van der Waals surface area contributed by atoms with E-state index in [0.717, 1.165) is 43.2 Å². The van der Waals surface area contributed by atoms with Crippen LogP contribution in [0.15, 0.2) is 60.7 Å². The lowest BCUT2D eigenvalue weighted by Gasteiger charge is -2.36. The van der Waals surface area contributed by atoms with Gasteiger partial charge in [-0.05, 0) is 75.3 Å². The molecule has 41 heavy (non-hydrogen) atoms. The molecule has 6 rings (SSSR count). The zero-order valence-electron chi connectivity index (χ0n) is 24.3. The standard InChI is InChI=1S/C34H41N3O4/c1-21-14-17-26(20-22(21)2)36-31(38)28-27-18-19-34(41-27)29(28)33(40)37(23(3)15-16-24-10-6-4-7-11-24)30(34)32(39)35-25-12-8-5-9-13-25/h4,6-7,10-11,14,17-20,23,25,27-30H,5,8-9,12-13,15-16H2,1-3H3,(H,35,39)(H,36,38)/t23-,27+,28-,29+,30-,34+/m1/s1. The van der Waals surface area contributed by atoms with Gasteiger partial charge in [-0.15, -0.1) is 0 Å². The molecule has 3 aliphatic heterocycles. The number of anilines is 1. The minimum absolute atomic E-state index is 0.106. The van der Waals surface area contributed by atoms with Crippen LogP contribution in [0, 0.1) is 25.7 Å². The summed E-state index contributed by atoms with van der Waals surface area (Å²) in [5.41, 5.74) is 2.97. The van der Waals surface area contributed by atoms with E-state index in [9.17, 15) is 14.4 Å². The number of likely N-dealkylation sites (tertiary alicyclic amines) is 1. The van der Waals surface area contributed by atoms with E-state index < -0.39 is 29.6 Å². The molecule has 2 bridgehead atoms. The van der Waals surface area contributed by atoms with Crippen LogP contribution in [-0.2, 0) is 25.5 Å². The summed E-state index contributed by atoms with van der Waals surface area (Å²) in [6.45, 7) is 6.05. The van der Waals surface area contributed by atoms with Crippen LogP contribution in [-0.4, -0.2) is 52.5 Å². The van der Waals surface area contributed by atoms with Crippen molar-refractivity contribution < 1.29 is 19.1 Å². The number of nitrogens with zero attached hydrogens (tertiary/aromatic N) is 1. The van der Waals surface area contributed by atoms with Crippen molar-refractivity contribution in [3.63, 3.8) is 0 Å². The Morgan fingerprint density at radius 3 is 2.51 bits per heavy atom. The lowest BCUT2D eigenvalue weighted by Crippen LogP contribution is -2.58. The molecule has 7 nitrogen and oxygen atoms in total. The predicted octanol–water partition coefficient (Wildman–Crippen LogP) is 4.86. The van der Waals surface area contributed by atoms with Crippen molar-refractivity contribution in [2.24, 2.45) is 11.8 Å². The zero-order chi connectivity index (χ0) is 28.7. The zero-order valence-corrected chi connectivity index (χ0v) is 24.3. The summed E-state index contributed by atoms with van der Waals surface area (Å²) < 4.78 is 6.54. The molecule has 4 aliphatic rings. The van der Waals surface area contributed by atoms with E-state index in [2.05, 4.69) is 22.8 Å². The topological polar surface area (TPSA) is 87.7 Å². The monoisotopic (exact) mass is 555 g/mol. The summed E-state index contributed by atoms with van der Waals surface area (Å²) in [6.07, 6.45) is 10.0. The molecule has 3 fully saturated rings. The number of fused-ring (bicyclic) bond motifs is 1. The van der Waals surface area contributed by atoms with Gasteiger partial charge in [0.05, 0.1) is 17.9 Å². The number of rotatable bonds is 8. The van der Waals surface area contributed by atoms with E-state index in [-0.39, 0.29) is 29.8 Å². The van der Waals surface area contributed by atoms with E-state index >= 15 is 0 Å². The maximum Gasteiger partial charge on any atom is 0.246 e. The van der Waals surface area contributed by atoms with Gasteiger partial charge in [-0.25, -0.2) is 0 Å². The predicted molar refractivity (Wildman–Crippen MR) is 158 cm³/mol. The van der Waals surface area contributed by atoms with Crippen molar-refractivity contribution in [1.82, 2.24) is 10.2 Å². The number of amides is 3. The largest absolute Gasteiger partial charge is 0.359 e. The molecule has 3 heterocycles. The molecule has 1 aliphatic carbocycles. The highest BCUT2D eigenvalue weighted by Crippen LogP contribution is 2.56. The van der Waals surface area contributed by atoms with Gasteiger partial charge in [0.15, 0.2) is 0 Å². The Kier molecular flexibility index (Phi) is 7.49. The van der Waals surface area contributed by atoms with Crippen molar-refractivity contribution in [3.05, 3.63) is 77.4 Å². The SMILES string of the molecule is Cc1ccc(NC(=O)[C@@H]2[C@@H]3C=C[C@]4(O3)[C@@H]2C(=O)N([C@H](C)CCc2ccccc2)[C@@H]4C(=O)NC2CCCCC2)cc1C. The number of ether oxygens (including phenoxy) is 1. The average Bonchev–Trinajstić information content (AvgIpc) is 3.62. The highest BCUT2D eigenvalue weighted by atomic mass is 16.5. The minimum Gasteiger partial charge on any atom is -0.359 e. The molecule has 0 unspecified atom stereocenters. The smallest absolute Gasteiger partial charge is 0.246 e. The molecular weight excluding hydrogens is 514 g/mol. The van der Waals surface area contributed by atoms with Crippen molar-refractivity contribution in [3.8, 4) is 0 Å². The molecule has 3 amide bonds. The Balaban J connectivity index is 1.29. The fourth-order valence-corrected chi connectivity index (χ4v) is 7.41. The number of hydrogen-bond donors (Lipinski definition) is 2. The summed E-state index contributed by atoms with van der Waals surface area (Å²) >= 11 is 0. The minimum atomic E-state index is -1.15. The summed E-state index contributed by atoms with van der Waals surface area (Å²) in [4.78, 5) is 44.0. The van der Waals surface area contributed by atoms with Crippen LogP contribution in [0.5, 0.6) is 0 Å². The van der Waals surface area contributed by atoms with E-state index in [0.29, 0.717) is 12.1 Å². The van der Waals surface area contributed by atoms with Gasteiger partial charge in [0.25, 0.3) is 0 Å². The van der Waals surface area contributed by atoms with Gasteiger partial charge < -0.3 is 20.3 Å². The van der Waals surface area contributed by atoms with Crippen LogP contribution in [0.2, 0.25) is 0 Å². The van der Waals surface area contributed by atoms with Gasteiger partial charge in [-0.1, -0.05) is 67.8 Å². The third-order valence-electron chi connectivity index (χ3n) is 9.76. The number of aryl methyl sites for hydroxylation is 3. The highest BCUT2D eigenvalue weighted by Gasteiger charge is 2.73. The molecule has 0 radical (unpaired) electrons. The van der Waals surface area contributed by atoms with Crippen molar-refractivity contribution >= 4 is 23.4 Å². The second-order valence-electron chi connectivity index (χ2n) is 12.5. The van der Waals surface area contributed by atoms with Gasteiger partial charge in [0.1, 0.15) is 11.6 Å². The fourth-order valence-electron chi connectivity index (χ4n) is 7.41. The molecule has 2 aromatic rings. The van der Waals surface area contributed by atoms with Gasteiger partial charge in [-0.2, -0.15) is 0 Å². The molecule has 0 aromatic heterocycles. The summed E-state index contributed by atoms with van der Waals surface area (Å²) in [7, 11) is 0. The first-order valence-electron chi connectivity index (χ1n) is 15.2. The van der Waals surface area contributed by atoms with Gasteiger partial charge in [0.2, 0.25) is 17.7 Å². The molecular formula is C34H41N3O4. The molecule has 1 saturated carbocycles. The van der Waals surface area contributed by atoms with Crippen LogP contribution >= 0.6 is 0 Å². The Bertz CT molecular complexity index is 1350. The van der Waals surface area contributed by atoms with Crippen molar-refractivity contribution in [1.29, 1.82) is 0 Å². The second-order valence-corrected chi connectivity index (χ2v) is 12.5. The lowest BCUT2D eigenvalue weighted by molar-refractivity contribution is -0.143. The molecule has 6 atom stereocenters. The summed E-state index contributed by atoms with van der Waals surface area (Å²) in [5.74, 6) is -2.02. The second kappa shape index (κ2) is 11.1. The quantitative estimate of drug-likeness (QED) is 0.456. The van der Waals surface area contributed by atoms with Crippen LogP contribution in [0.3, 0.4) is 0 Å². The Labute approximate surface area is 242 Å². The fraction of sp³-hybridized carbons (Fsp3) is 0.500. The number of nitrogens with one attached hydrogen (secondary N) is 2. The molecule has 2 aromatic carbocycles. The van der Waals surface area contributed by atoms with Gasteiger partial charge >= 0.3 is 0 Å². The number of benzene rings is 2. The maximum absolute atomic E-state index is 14.3. The van der Waals surface area contributed by atoms with E-state index in [1.54, 1.807) is 4.90 Å². The first-order valence-corrected chi connectivity index (χ1v) is 15.2. The van der Waals surface area contributed by atoms with Crippen LogP contribution < -0.4 is 10.6 Å². The number of carbonyl (C=O) groups excluding carboxylic acids is 3. The molecule has 7 heteroatoms. The summed E-state index contributed by atoms with van der Waals surface area (Å²) in [5, 5.41) is 6.32. The molecule has 2 N–H and O–H groups in total. The third kappa shape index (κ3) is 4.99. The first kappa shape index (κ1) is 27.7. The Morgan fingerprint density at radius 2 is 1.78 bits per heavy atom. The van der Waals surface area contributed by atoms with Crippen LogP contribution in [0.25, 0.3) is 0 Å². The molecule has 216 valence electrons. The number of carbonyl (C=O) groups is 3. The lowest BCUT2D eigenvalue weighted by atomic mass is 9.74. The van der Waals surface area contributed by atoms with Crippen LogP contribution in [0.1, 0.15) is 62.1 Å². The average molecular weight is 556 g/mol. The molecule has 1 spiro atoms. The Morgan fingerprint density at radius 1 is 1.02 bits per heavy atom. The first-order chi connectivity index (χ1) is 19.8. The summed E-state index contributed by atoms with van der Waals surface area (Å²) in [6, 6.07) is 15.1. The maximum atomic E-state index is 14.3. The third-order valence-corrected chi connectivity index (χ3v) is 9.76. The van der Waals surface area contributed by atoms with Gasteiger partial charge in [0, 0.05) is 17.8 Å².